The van der Waals surface area contributed by atoms with Gasteiger partial charge in [0.1, 0.15) is 5.75 Å². The fourth-order valence-corrected chi connectivity index (χ4v) is 4.61. The Kier molecular flexibility index (Phi) is 4.78. The maximum Gasteiger partial charge on any atom is 0.255 e. The highest BCUT2D eigenvalue weighted by atomic mass is 35.5. The quantitative estimate of drug-likeness (QED) is 0.568. The summed E-state index contributed by atoms with van der Waals surface area (Å²) in [6.07, 6.45) is 4.78. The molecule has 2 aliphatic rings. The highest BCUT2D eigenvalue weighted by molar-refractivity contribution is 6.31. The van der Waals surface area contributed by atoms with Gasteiger partial charge in [0.05, 0.1) is 30.1 Å². The lowest BCUT2D eigenvalue weighted by Gasteiger charge is -2.26. The molecule has 0 N–H and O–H groups in total. The van der Waals surface area contributed by atoms with Gasteiger partial charge in [-0.2, -0.15) is 5.10 Å². The molecule has 0 spiro atoms. The lowest BCUT2D eigenvalue weighted by Crippen LogP contribution is -2.29. The molecule has 1 aliphatic heterocycles. The van der Waals surface area contributed by atoms with Crippen molar-refractivity contribution >= 4 is 17.5 Å². The number of amides is 1. The van der Waals surface area contributed by atoms with Gasteiger partial charge in [0.25, 0.3) is 5.91 Å². The number of halogens is 1. The monoisotopic (exact) mass is 421 g/mol. The van der Waals surface area contributed by atoms with E-state index in [1.165, 1.54) is 18.4 Å². The molecule has 30 heavy (non-hydrogen) atoms. The molecule has 1 atom stereocenters. The van der Waals surface area contributed by atoms with Crippen LogP contribution in [0.2, 0.25) is 5.02 Å². The van der Waals surface area contributed by atoms with Crippen LogP contribution in [0.5, 0.6) is 5.75 Å². The minimum Gasteiger partial charge on any atom is -0.497 e. The van der Waals surface area contributed by atoms with Crippen LogP contribution in [0.25, 0.3) is 0 Å². The second-order valence-electron chi connectivity index (χ2n) is 8.18. The summed E-state index contributed by atoms with van der Waals surface area (Å²) in [5, 5.41) is 4.92. The SMILES string of the molecule is COc1ccc(CN2C(=O)c3ccc(C4CC4)cc3C2Cc2c(Cl)cnn2C)cc1. The average molecular weight is 422 g/mol. The zero-order valence-electron chi connectivity index (χ0n) is 17.1. The maximum absolute atomic E-state index is 13.4. The molecule has 0 radical (unpaired) electrons. The van der Waals surface area contributed by atoms with Gasteiger partial charge in [0.2, 0.25) is 0 Å². The first-order chi connectivity index (χ1) is 14.5. The summed E-state index contributed by atoms with van der Waals surface area (Å²) in [5.74, 6) is 1.52. The third-order valence-electron chi connectivity index (χ3n) is 6.26. The van der Waals surface area contributed by atoms with E-state index < -0.39 is 0 Å². The molecule has 1 saturated carbocycles. The number of hydrogen-bond donors (Lipinski definition) is 0. The number of ether oxygens (including phenoxy) is 1. The van der Waals surface area contributed by atoms with Crippen LogP contribution in [0.1, 0.15) is 57.5 Å². The molecular formula is C24H24ClN3O2. The second kappa shape index (κ2) is 7.47. The second-order valence-corrected chi connectivity index (χ2v) is 8.59. The van der Waals surface area contributed by atoms with Crippen LogP contribution in [0.4, 0.5) is 0 Å². The summed E-state index contributed by atoms with van der Waals surface area (Å²) in [6, 6.07) is 14.2. The first-order valence-electron chi connectivity index (χ1n) is 10.3. The van der Waals surface area contributed by atoms with Crippen molar-refractivity contribution < 1.29 is 9.53 Å². The molecule has 2 heterocycles. The molecule has 154 valence electrons. The van der Waals surface area contributed by atoms with Crippen molar-refractivity contribution in [1.82, 2.24) is 14.7 Å². The normalized spacial score (nSPS) is 18.0. The van der Waals surface area contributed by atoms with E-state index in [-0.39, 0.29) is 11.9 Å². The molecule has 2 aromatic carbocycles. The molecule has 5 nitrogen and oxygen atoms in total. The number of benzene rings is 2. The summed E-state index contributed by atoms with van der Waals surface area (Å²) in [7, 11) is 3.55. The molecule has 1 unspecified atom stereocenters. The van der Waals surface area contributed by atoms with Crippen LogP contribution in [-0.4, -0.2) is 27.7 Å². The average Bonchev–Trinajstić information content (AvgIpc) is 3.53. The van der Waals surface area contributed by atoms with Gasteiger partial charge < -0.3 is 9.64 Å². The maximum atomic E-state index is 13.4. The van der Waals surface area contributed by atoms with Crippen molar-refractivity contribution in [1.29, 1.82) is 0 Å². The number of hydrogen-bond acceptors (Lipinski definition) is 3. The van der Waals surface area contributed by atoms with Crippen molar-refractivity contribution in [3.63, 3.8) is 0 Å². The molecule has 0 saturated heterocycles. The highest BCUT2D eigenvalue weighted by Gasteiger charge is 2.38. The molecule has 5 rings (SSSR count). The number of carbonyl (C=O) groups excluding carboxylic acids is 1. The molecule has 1 aliphatic carbocycles. The lowest BCUT2D eigenvalue weighted by atomic mass is 9.96. The van der Waals surface area contributed by atoms with Gasteiger partial charge in [-0.3, -0.25) is 9.48 Å². The minimum absolute atomic E-state index is 0.0683. The van der Waals surface area contributed by atoms with Crippen LogP contribution in [0.3, 0.4) is 0 Å². The van der Waals surface area contributed by atoms with Gasteiger partial charge in [-0.05, 0) is 53.6 Å². The number of fused-ring (bicyclic) bond motifs is 1. The third kappa shape index (κ3) is 3.37. The van der Waals surface area contributed by atoms with Crippen LogP contribution in [-0.2, 0) is 20.0 Å². The van der Waals surface area contributed by atoms with Crippen molar-refractivity contribution in [3.05, 3.63) is 81.6 Å². The van der Waals surface area contributed by atoms with Crippen molar-refractivity contribution in [2.75, 3.05) is 7.11 Å². The predicted molar refractivity (Wildman–Crippen MR) is 116 cm³/mol. The highest BCUT2D eigenvalue weighted by Crippen LogP contribution is 2.44. The number of rotatable bonds is 6. The zero-order valence-corrected chi connectivity index (χ0v) is 17.9. The molecule has 1 amide bonds. The van der Waals surface area contributed by atoms with Gasteiger partial charge >= 0.3 is 0 Å². The van der Waals surface area contributed by atoms with Crippen molar-refractivity contribution in [2.24, 2.45) is 7.05 Å². The van der Waals surface area contributed by atoms with E-state index in [2.05, 4.69) is 17.2 Å². The standard InChI is InChI=1S/C24H24ClN3O2/c1-27-23(21(25)13-26-27)12-22-20-11-17(16-5-6-16)7-10-19(20)24(29)28(22)14-15-3-8-18(30-2)9-4-15/h3-4,7-11,13,16,22H,5-6,12,14H2,1-2H3. The van der Waals surface area contributed by atoms with E-state index >= 15 is 0 Å². The third-order valence-corrected chi connectivity index (χ3v) is 6.58. The summed E-state index contributed by atoms with van der Waals surface area (Å²) >= 11 is 6.42. The number of aryl methyl sites for hydroxylation is 1. The lowest BCUT2D eigenvalue weighted by molar-refractivity contribution is 0.0707. The number of aromatic nitrogens is 2. The van der Waals surface area contributed by atoms with Gasteiger partial charge in [0.15, 0.2) is 0 Å². The smallest absolute Gasteiger partial charge is 0.255 e. The van der Waals surface area contributed by atoms with Crippen LogP contribution < -0.4 is 4.74 Å². The first-order valence-corrected chi connectivity index (χ1v) is 10.7. The predicted octanol–water partition coefficient (Wildman–Crippen LogP) is 4.90. The van der Waals surface area contributed by atoms with E-state index in [1.54, 1.807) is 18.0 Å². The Morgan fingerprint density at radius 2 is 1.93 bits per heavy atom. The largest absolute Gasteiger partial charge is 0.497 e. The van der Waals surface area contributed by atoms with Crippen LogP contribution >= 0.6 is 11.6 Å². The number of nitrogens with zero attached hydrogens (tertiary/aromatic N) is 3. The van der Waals surface area contributed by atoms with Gasteiger partial charge in [-0.25, -0.2) is 0 Å². The van der Waals surface area contributed by atoms with E-state index in [0.29, 0.717) is 23.9 Å². The molecule has 1 aromatic heterocycles. The molecule has 3 aromatic rings. The van der Waals surface area contributed by atoms with E-state index in [1.807, 2.05) is 42.3 Å². The van der Waals surface area contributed by atoms with Gasteiger partial charge in [-0.1, -0.05) is 35.9 Å². The summed E-state index contributed by atoms with van der Waals surface area (Å²) in [4.78, 5) is 15.3. The van der Waals surface area contributed by atoms with E-state index in [4.69, 9.17) is 16.3 Å². The molecule has 0 bridgehead atoms. The Morgan fingerprint density at radius 3 is 2.57 bits per heavy atom. The molecule has 1 fully saturated rings. The minimum atomic E-state index is -0.0683. The Labute approximate surface area is 181 Å². The van der Waals surface area contributed by atoms with Crippen LogP contribution in [0.15, 0.2) is 48.7 Å². The topological polar surface area (TPSA) is 47.4 Å². The van der Waals surface area contributed by atoms with Gasteiger partial charge in [-0.15, -0.1) is 0 Å². The zero-order chi connectivity index (χ0) is 20.8. The van der Waals surface area contributed by atoms with Crippen LogP contribution in [0, 0.1) is 0 Å². The van der Waals surface area contributed by atoms with Gasteiger partial charge in [0, 0.05) is 25.6 Å². The molecular weight excluding hydrogens is 398 g/mol. The summed E-state index contributed by atoms with van der Waals surface area (Å²) < 4.78 is 7.07. The summed E-state index contributed by atoms with van der Waals surface area (Å²) in [6.45, 7) is 0.538. The van der Waals surface area contributed by atoms with E-state index in [9.17, 15) is 4.79 Å². The van der Waals surface area contributed by atoms with Crippen molar-refractivity contribution in [3.8, 4) is 5.75 Å². The summed E-state index contributed by atoms with van der Waals surface area (Å²) in [5.41, 5.74) is 5.26. The fraction of sp³-hybridized carbons (Fsp3) is 0.333. The number of methoxy groups -OCH3 is 1. The Hall–Kier alpha value is -2.79. The fourth-order valence-electron chi connectivity index (χ4n) is 4.37. The van der Waals surface area contributed by atoms with Crippen molar-refractivity contribution in [2.45, 2.75) is 37.8 Å². The number of carbonyl (C=O) groups is 1. The molecule has 6 heteroatoms. The Balaban J connectivity index is 1.52. The van der Waals surface area contributed by atoms with E-state index in [0.717, 1.165) is 28.1 Å². The Morgan fingerprint density at radius 1 is 1.17 bits per heavy atom. The Bertz CT molecular complexity index is 1080. The first kappa shape index (κ1) is 19.2.